The summed E-state index contributed by atoms with van der Waals surface area (Å²) in [6, 6.07) is 1.18. The van der Waals surface area contributed by atoms with Crippen LogP contribution in [-0.2, 0) is 9.47 Å². The van der Waals surface area contributed by atoms with Gasteiger partial charge in [0.15, 0.2) is 6.23 Å². The van der Waals surface area contributed by atoms with E-state index in [4.69, 9.17) is 9.47 Å². The monoisotopic (exact) mass is 286 g/mol. The highest BCUT2D eigenvalue weighted by molar-refractivity contribution is 4.93. The smallest absolute Gasteiger partial charge is 0.330 e. The first-order valence-corrected chi connectivity index (χ1v) is 6.46. The summed E-state index contributed by atoms with van der Waals surface area (Å²) < 4.78 is 12.1. The van der Waals surface area contributed by atoms with Crippen molar-refractivity contribution in [3.05, 3.63) is 33.1 Å². The van der Waals surface area contributed by atoms with E-state index in [2.05, 4.69) is 4.98 Å². The Morgan fingerprint density at radius 3 is 2.85 bits per heavy atom. The number of hydrogen-bond donors (Lipinski definition) is 3. The molecule has 2 rings (SSSR count). The second-order valence-electron chi connectivity index (χ2n) is 4.59. The Labute approximate surface area is 114 Å². The first kappa shape index (κ1) is 14.9. The van der Waals surface area contributed by atoms with Crippen molar-refractivity contribution < 1.29 is 19.7 Å². The van der Waals surface area contributed by atoms with Gasteiger partial charge in [-0.05, 0) is 6.42 Å². The van der Waals surface area contributed by atoms with E-state index >= 15 is 0 Å². The summed E-state index contributed by atoms with van der Waals surface area (Å²) >= 11 is 0. The Kier molecular flexibility index (Phi) is 4.71. The van der Waals surface area contributed by atoms with Gasteiger partial charge in [0.2, 0.25) is 0 Å². The van der Waals surface area contributed by atoms with Gasteiger partial charge in [-0.2, -0.15) is 0 Å². The van der Waals surface area contributed by atoms with Crippen LogP contribution in [0.25, 0.3) is 0 Å². The molecule has 0 aliphatic carbocycles. The Morgan fingerprint density at radius 2 is 2.25 bits per heavy atom. The fourth-order valence-electron chi connectivity index (χ4n) is 2.15. The third-order valence-corrected chi connectivity index (χ3v) is 3.13. The molecule has 0 aromatic carbocycles. The number of hydrogen-bond acceptors (Lipinski definition) is 6. The topological polar surface area (TPSA) is 114 Å². The van der Waals surface area contributed by atoms with Crippen molar-refractivity contribution in [2.75, 3.05) is 13.2 Å². The zero-order valence-electron chi connectivity index (χ0n) is 11.1. The van der Waals surface area contributed by atoms with E-state index in [1.165, 1.54) is 12.3 Å². The summed E-state index contributed by atoms with van der Waals surface area (Å²) in [7, 11) is 0. The van der Waals surface area contributed by atoms with E-state index in [-0.39, 0.29) is 6.61 Å². The lowest BCUT2D eigenvalue weighted by Gasteiger charge is -2.21. The molecule has 8 heteroatoms. The van der Waals surface area contributed by atoms with Crippen LogP contribution in [0.2, 0.25) is 0 Å². The van der Waals surface area contributed by atoms with Crippen LogP contribution in [-0.4, -0.2) is 51.3 Å². The van der Waals surface area contributed by atoms with Crippen LogP contribution in [0.1, 0.15) is 19.6 Å². The number of nitrogens with zero attached hydrogens (tertiary/aromatic N) is 1. The van der Waals surface area contributed by atoms with E-state index in [1.807, 2.05) is 6.92 Å². The summed E-state index contributed by atoms with van der Waals surface area (Å²) in [6.07, 6.45) is -1.54. The van der Waals surface area contributed by atoms with Crippen molar-refractivity contribution in [3.63, 3.8) is 0 Å². The number of aliphatic hydroxyl groups is 2. The third kappa shape index (κ3) is 2.83. The number of aromatic nitrogens is 2. The molecule has 8 nitrogen and oxygen atoms in total. The molecule has 2 heterocycles. The van der Waals surface area contributed by atoms with Gasteiger partial charge >= 0.3 is 5.69 Å². The van der Waals surface area contributed by atoms with Gasteiger partial charge in [0.1, 0.15) is 18.3 Å². The highest BCUT2D eigenvalue weighted by Crippen LogP contribution is 2.30. The summed E-state index contributed by atoms with van der Waals surface area (Å²) in [5.41, 5.74) is -1.17. The molecular formula is C12H18N2O6. The molecule has 0 saturated carbocycles. The number of H-pyrrole nitrogens is 1. The first-order valence-electron chi connectivity index (χ1n) is 6.46. The van der Waals surface area contributed by atoms with E-state index in [9.17, 15) is 19.8 Å². The van der Waals surface area contributed by atoms with Gasteiger partial charge in [0.25, 0.3) is 5.56 Å². The number of nitrogens with one attached hydrogen (secondary N) is 1. The molecule has 112 valence electrons. The lowest BCUT2D eigenvalue weighted by atomic mass is 10.1. The van der Waals surface area contributed by atoms with Gasteiger partial charge in [-0.1, -0.05) is 6.92 Å². The van der Waals surface area contributed by atoms with Crippen LogP contribution in [0, 0.1) is 0 Å². The maximum absolute atomic E-state index is 11.8. The molecular weight excluding hydrogens is 268 g/mol. The number of aromatic amines is 1. The largest absolute Gasteiger partial charge is 0.394 e. The van der Waals surface area contributed by atoms with Crippen molar-refractivity contribution in [3.8, 4) is 0 Å². The van der Waals surface area contributed by atoms with Crippen LogP contribution in [0.15, 0.2) is 21.9 Å². The van der Waals surface area contributed by atoms with Gasteiger partial charge in [-0.25, -0.2) is 4.79 Å². The molecule has 0 bridgehead atoms. The predicted octanol–water partition coefficient (Wildman–Crippen LogP) is -1.42. The van der Waals surface area contributed by atoms with Gasteiger partial charge in [-0.15, -0.1) is 0 Å². The number of aliphatic hydroxyl groups excluding tert-OH is 2. The van der Waals surface area contributed by atoms with Crippen LogP contribution < -0.4 is 11.2 Å². The lowest BCUT2D eigenvalue weighted by Crippen LogP contribution is -2.39. The molecule has 0 spiro atoms. The summed E-state index contributed by atoms with van der Waals surface area (Å²) in [5, 5.41) is 19.2. The molecule has 3 N–H and O–H groups in total. The van der Waals surface area contributed by atoms with Crippen molar-refractivity contribution in [2.45, 2.75) is 37.9 Å². The molecule has 1 fully saturated rings. The van der Waals surface area contributed by atoms with Crippen LogP contribution >= 0.6 is 0 Å². The second-order valence-corrected chi connectivity index (χ2v) is 4.59. The molecule has 1 aromatic heterocycles. The predicted molar refractivity (Wildman–Crippen MR) is 68.4 cm³/mol. The van der Waals surface area contributed by atoms with E-state index in [0.29, 0.717) is 6.61 Å². The molecule has 2 unspecified atom stereocenters. The quantitative estimate of drug-likeness (QED) is 0.612. The average molecular weight is 286 g/mol. The normalized spacial score (nSPS) is 29.8. The molecule has 1 aliphatic heterocycles. The van der Waals surface area contributed by atoms with Gasteiger partial charge in [0, 0.05) is 18.9 Å². The SMILES string of the molecule is CCCOC1C(O)[C@H](CO)O[C@@H]1n1ccc(=O)[nH]c1=O. The minimum atomic E-state index is -1.05. The van der Waals surface area contributed by atoms with Gasteiger partial charge in [0.05, 0.1) is 6.61 Å². The Hall–Kier alpha value is -1.48. The molecule has 20 heavy (non-hydrogen) atoms. The van der Waals surface area contributed by atoms with Crippen LogP contribution in [0.3, 0.4) is 0 Å². The molecule has 4 atom stereocenters. The molecule has 0 radical (unpaired) electrons. The Balaban J connectivity index is 2.31. The van der Waals surface area contributed by atoms with Crippen molar-refractivity contribution >= 4 is 0 Å². The highest BCUT2D eigenvalue weighted by atomic mass is 16.6. The van der Waals surface area contributed by atoms with Crippen molar-refractivity contribution in [1.82, 2.24) is 9.55 Å². The lowest BCUT2D eigenvalue weighted by molar-refractivity contribution is -0.0742. The average Bonchev–Trinajstić information content (AvgIpc) is 2.73. The van der Waals surface area contributed by atoms with E-state index in [0.717, 1.165) is 11.0 Å². The molecule has 1 aromatic rings. The van der Waals surface area contributed by atoms with Crippen LogP contribution in [0.5, 0.6) is 0 Å². The zero-order chi connectivity index (χ0) is 14.7. The second kappa shape index (κ2) is 6.31. The maximum Gasteiger partial charge on any atom is 0.330 e. The highest BCUT2D eigenvalue weighted by Gasteiger charge is 2.45. The summed E-state index contributed by atoms with van der Waals surface area (Å²) in [4.78, 5) is 25.0. The fourth-order valence-corrected chi connectivity index (χ4v) is 2.15. The zero-order valence-corrected chi connectivity index (χ0v) is 11.1. The van der Waals surface area contributed by atoms with E-state index < -0.39 is 35.8 Å². The minimum absolute atomic E-state index is 0.387. The van der Waals surface area contributed by atoms with Crippen molar-refractivity contribution in [1.29, 1.82) is 0 Å². The summed E-state index contributed by atoms with van der Waals surface area (Å²) in [5.74, 6) is 0. The van der Waals surface area contributed by atoms with Crippen molar-refractivity contribution in [2.24, 2.45) is 0 Å². The Morgan fingerprint density at radius 1 is 1.50 bits per heavy atom. The first-order chi connectivity index (χ1) is 9.58. The summed E-state index contributed by atoms with van der Waals surface area (Å²) in [6.45, 7) is 1.91. The molecule has 1 saturated heterocycles. The Bertz CT molecular complexity index is 553. The standard InChI is InChI=1S/C12H18N2O6/c1-2-5-19-10-9(17)7(6-15)20-11(10)14-4-3-8(16)13-12(14)18/h3-4,7,9-11,15,17H,2,5-6H2,1H3,(H,13,16,18)/t7-,9?,10?,11-/m0/s1. The molecule has 0 amide bonds. The third-order valence-electron chi connectivity index (χ3n) is 3.13. The van der Waals surface area contributed by atoms with Gasteiger partial charge in [-0.3, -0.25) is 14.3 Å². The van der Waals surface area contributed by atoms with Crippen LogP contribution in [0.4, 0.5) is 0 Å². The molecule has 1 aliphatic rings. The maximum atomic E-state index is 11.8. The van der Waals surface area contributed by atoms with E-state index in [1.54, 1.807) is 0 Å². The fraction of sp³-hybridized carbons (Fsp3) is 0.667. The number of ether oxygens (including phenoxy) is 2. The minimum Gasteiger partial charge on any atom is -0.394 e. The number of rotatable bonds is 5. The van der Waals surface area contributed by atoms with Gasteiger partial charge < -0.3 is 19.7 Å².